The Bertz CT molecular complexity index is 2210. The van der Waals surface area contributed by atoms with Crippen LogP contribution in [0.3, 0.4) is 0 Å². The SMILES string of the molecule is CCCOc1ccc(C2(c3ccc(OC)cc3)C=Cc3c4c(c5cc(OC)ccc5c3O2)-c2ccc(-c3ccccc3)cc2C4(C)C)cc1. The highest BCUT2D eigenvalue weighted by atomic mass is 16.5. The van der Waals surface area contributed by atoms with Gasteiger partial charge in [-0.25, -0.2) is 0 Å². The molecule has 6 aromatic rings. The molecular weight excluding hydrogens is 604 g/mol. The van der Waals surface area contributed by atoms with Crippen molar-refractivity contribution in [2.75, 3.05) is 20.8 Å². The van der Waals surface area contributed by atoms with E-state index in [1.165, 1.54) is 33.4 Å². The summed E-state index contributed by atoms with van der Waals surface area (Å²) in [5, 5.41) is 2.17. The van der Waals surface area contributed by atoms with Gasteiger partial charge in [0.05, 0.1) is 20.8 Å². The first-order valence-corrected chi connectivity index (χ1v) is 17.0. The van der Waals surface area contributed by atoms with E-state index in [0.29, 0.717) is 6.61 Å². The van der Waals surface area contributed by atoms with Crippen LogP contribution in [0, 0.1) is 0 Å². The Morgan fingerprint density at radius 2 is 1.33 bits per heavy atom. The van der Waals surface area contributed by atoms with Gasteiger partial charge in [-0.2, -0.15) is 0 Å². The van der Waals surface area contributed by atoms with Crippen LogP contribution in [0.2, 0.25) is 0 Å². The van der Waals surface area contributed by atoms with E-state index >= 15 is 0 Å². The van der Waals surface area contributed by atoms with Gasteiger partial charge in [0.25, 0.3) is 0 Å². The van der Waals surface area contributed by atoms with Crippen LogP contribution in [0.1, 0.15) is 55.0 Å². The summed E-state index contributed by atoms with van der Waals surface area (Å²) in [4.78, 5) is 0. The van der Waals surface area contributed by atoms with Crippen molar-refractivity contribution in [3.8, 4) is 45.3 Å². The van der Waals surface area contributed by atoms with E-state index in [9.17, 15) is 0 Å². The van der Waals surface area contributed by atoms with E-state index in [2.05, 4.69) is 118 Å². The summed E-state index contributed by atoms with van der Waals surface area (Å²) < 4.78 is 24.8. The molecule has 0 radical (unpaired) electrons. The predicted molar refractivity (Wildman–Crippen MR) is 199 cm³/mol. The van der Waals surface area contributed by atoms with Crippen LogP contribution in [0.4, 0.5) is 0 Å². The van der Waals surface area contributed by atoms with Crippen LogP contribution in [0.5, 0.6) is 23.0 Å². The first kappa shape index (κ1) is 30.8. The molecule has 4 heteroatoms. The van der Waals surface area contributed by atoms with E-state index < -0.39 is 5.60 Å². The zero-order valence-electron chi connectivity index (χ0n) is 28.7. The fourth-order valence-corrected chi connectivity index (χ4v) is 7.74. The molecule has 4 nitrogen and oxygen atoms in total. The third-order valence-electron chi connectivity index (χ3n) is 10.2. The van der Waals surface area contributed by atoms with Gasteiger partial charge in [-0.3, -0.25) is 0 Å². The molecule has 6 aromatic carbocycles. The number of benzene rings is 6. The quantitative estimate of drug-likeness (QED) is 0.165. The number of fused-ring (bicyclic) bond motifs is 8. The van der Waals surface area contributed by atoms with Crippen molar-refractivity contribution in [3.63, 3.8) is 0 Å². The summed E-state index contributed by atoms with van der Waals surface area (Å²) in [6.07, 6.45) is 5.47. The third kappa shape index (κ3) is 4.89. The summed E-state index contributed by atoms with van der Waals surface area (Å²) in [6.45, 7) is 7.47. The van der Waals surface area contributed by atoms with Crippen LogP contribution in [0.15, 0.2) is 121 Å². The molecule has 0 spiro atoms. The van der Waals surface area contributed by atoms with E-state index in [4.69, 9.17) is 18.9 Å². The largest absolute Gasteiger partial charge is 0.497 e. The van der Waals surface area contributed by atoms with Crippen molar-refractivity contribution >= 4 is 16.8 Å². The summed E-state index contributed by atoms with van der Waals surface area (Å²) in [7, 11) is 3.42. The summed E-state index contributed by atoms with van der Waals surface area (Å²) >= 11 is 0. The average Bonchev–Trinajstić information content (AvgIpc) is 3.40. The van der Waals surface area contributed by atoms with Crippen molar-refractivity contribution in [1.82, 2.24) is 0 Å². The van der Waals surface area contributed by atoms with Crippen LogP contribution >= 0.6 is 0 Å². The first-order chi connectivity index (χ1) is 23.9. The topological polar surface area (TPSA) is 36.9 Å². The number of hydrogen-bond donors (Lipinski definition) is 0. The lowest BCUT2D eigenvalue weighted by molar-refractivity contribution is 0.163. The lowest BCUT2D eigenvalue weighted by Crippen LogP contribution is -2.35. The summed E-state index contributed by atoms with van der Waals surface area (Å²) in [5.74, 6) is 3.33. The van der Waals surface area contributed by atoms with Crippen molar-refractivity contribution in [3.05, 3.63) is 149 Å². The molecule has 1 heterocycles. The number of hydrogen-bond acceptors (Lipinski definition) is 4. The van der Waals surface area contributed by atoms with Crippen molar-refractivity contribution in [2.45, 2.75) is 38.2 Å². The van der Waals surface area contributed by atoms with Crippen LogP contribution < -0.4 is 18.9 Å². The maximum atomic E-state index is 7.47. The maximum Gasteiger partial charge on any atom is 0.178 e. The second kappa shape index (κ2) is 11.9. The molecule has 0 saturated heterocycles. The maximum absolute atomic E-state index is 7.47. The van der Waals surface area contributed by atoms with Gasteiger partial charge in [0.1, 0.15) is 23.0 Å². The molecule has 0 fully saturated rings. The molecule has 0 N–H and O–H groups in total. The van der Waals surface area contributed by atoms with Gasteiger partial charge in [-0.15, -0.1) is 0 Å². The number of ether oxygens (including phenoxy) is 4. The second-order valence-electron chi connectivity index (χ2n) is 13.4. The Kier molecular flexibility index (Phi) is 7.48. The summed E-state index contributed by atoms with van der Waals surface area (Å²) in [5.41, 5.74) is 9.46. The van der Waals surface area contributed by atoms with Crippen LogP contribution in [0.25, 0.3) is 39.1 Å². The minimum atomic E-state index is -0.889. The van der Waals surface area contributed by atoms with Gasteiger partial charge in [0.15, 0.2) is 5.60 Å². The number of methoxy groups -OCH3 is 2. The van der Waals surface area contributed by atoms with Gasteiger partial charge in [0, 0.05) is 27.5 Å². The Hall–Kier alpha value is -5.48. The van der Waals surface area contributed by atoms with E-state index in [-0.39, 0.29) is 5.41 Å². The molecule has 8 rings (SSSR count). The van der Waals surface area contributed by atoms with Gasteiger partial charge in [-0.05, 0) is 99.8 Å². The molecule has 49 heavy (non-hydrogen) atoms. The third-order valence-corrected chi connectivity index (χ3v) is 10.2. The normalized spacial score (nSPS) is 16.8. The Labute approximate surface area is 288 Å². The van der Waals surface area contributed by atoms with Gasteiger partial charge < -0.3 is 18.9 Å². The molecule has 1 unspecified atom stereocenters. The molecule has 1 aliphatic heterocycles. The minimum absolute atomic E-state index is 0.289. The zero-order valence-corrected chi connectivity index (χ0v) is 28.7. The lowest BCUT2D eigenvalue weighted by atomic mass is 9.76. The van der Waals surface area contributed by atoms with Gasteiger partial charge in [-0.1, -0.05) is 93.6 Å². The highest BCUT2D eigenvalue weighted by molar-refractivity contribution is 6.09. The second-order valence-corrected chi connectivity index (χ2v) is 13.4. The van der Waals surface area contributed by atoms with Crippen LogP contribution in [-0.2, 0) is 11.0 Å². The number of rotatable bonds is 8. The molecule has 244 valence electrons. The smallest absolute Gasteiger partial charge is 0.178 e. The van der Waals surface area contributed by atoms with Crippen molar-refractivity contribution < 1.29 is 18.9 Å². The van der Waals surface area contributed by atoms with E-state index in [1.807, 2.05) is 30.3 Å². The highest BCUT2D eigenvalue weighted by Gasteiger charge is 2.44. The van der Waals surface area contributed by atoms with Crippen molar-refractivity contribution in [2.24, 2.45) is 0 Å². The molecule has 1 aliphatic carbocycles. The fourth-order valence-electron chi connectivity index (χ4n) is 7.74. The fraction of sp³-hybridized carbons (Fsp3) is 0.200. The summed E-state index contributed by atoms with van der Waals surface area (Å²) in [6, 6.07) is 40.4. The van der Waals surface area contributed by atoms with Crippen LogP contribution in [-0.4, -0.2) is 20.8 Å². The first-order valence-electron chi connectivity index (χ1n) is 17.0. The zero-order chi connectivity index (χ0) is 33.8. The predicted octanol–water partition coefficient (Wildman–Crippen LogP) is 11.0. The van der Waals surface area contributed by atoms with E-state index in [1.54, 1.807) is 14.2 Å². The molecular formula is C45H40O4. The lowest BCUT2D eigenvalue weighted by Gasteiger charge is -2.38. The molecule has 0 saturated carbocycles. The van der Waals surface area contributed by atoms with Gasteiger partial charge in [0.2, 0.25) is 0 Å². The molecule has 2 aliphatic rings. The molecule has 0 amide bonds. The average molecular weight is 645 g/mol. The highest BCUT2D eigenvalue weighted by Crippen LogP contribution is 2.59. The minimum Gasteiger partial charge on any atom is -0.497 e. The Morgan fingerprint density at radius 1 is 0.653 bits per heavy atom. The molecule has 1 atom stereocenters. The Morgan fingerprint density at radius 3 is 2.00 bits per heavy atom. The molecule has 0 bridgehead atoms. The van der Waals surface area contributed by atoms with Gasteiger partial charge >= 0.3 is 0 Å². The Balaban J connectivity index is 1.36. The standard InChI is InChI=1S/C45H40O4/c1-6-26-48-34-19-15-32(16-20-34)45(31-13-17-33(46-4)18-14-31)25-24-38-42-41(39-28-35(47-5)21-23-36(39)43(38)49-45)37-22-12-30(27-40(37)44(42,2)3)29-10-8-7-9-11-29/h7-25,27-28H,6,26H2,1-5H3. The monoisotopic (exact) mass is 644 g/mol. The van der Waals surface area contributed by atoms with Crippen molar-refractivity contribution in [1.29, 1.82) is 0 Å². The molecule has 0 aromatic heterocycles. The van der Waals surface area contributed by atoms with E-state index in [0.717, 1.165) is 56.9 Å².